The molecule has 0 aliphatic carbocycles. The second-order valence-electron chi connectivity index (χ2n) is 7.59. The van der Waals surface area contributed by atoms with Gasteiger partial charge in [-0.2, -0.15) is 9.78 Å². The van der Waals surface area contributed by atoms with Crippen LogP contribution in [0.2, 0.25) is 0 Å². The fourth-order valence-electron chi connectivity index (χ4n) is 3.27. The minimum atomic E-state index is -0.218. The SMILES string of the molecule is Cc1cc(NC(=O)/C=C/c2ccc(C(C)C)cc2)n(-c2ccc3ccccc3n2)n1. The van der Waals surface area contributed by atoms with Crippen molar-refractivity contribution < 1.29 is 4.79 Å². The van der Waals surface area contributed by atoms with Gasteiger partial charge in [0.25, 0.3) is 0 Å². The molecule has 4 aromatic rings. The number of benzene rings is 2. The Morgan fingerprint density at radius 3 is 2.57 bits per heavy atom. The van der Waals surface area contributed by atoms with Gasteiger partial charge in [0.15, 0.2) is 5.82 Å². The minimum Gasteiger partial charge on any atom is -0.307 e. The van der Waals surface area contributed by atoms with E-state index in [0.29, 0.717) is 17.6 Å². The van der Waals surface area contributed by atoms with E-state index in [1.807, 2.05) is 61.5 Å². The molecule has 0 spiro atoms. The maximum absolute atomic E-state index is 12.5. The summed E-state index contributed by atoms with van der Waals surface area (Å²) in [6.45, 7) is 6.21. The van der Waals surface area contributed by atoms with Crippen molar-refractivity contribution in [3.63, 3.8) is 0 Å². The van der Waals surface area contributed by atoms with E-state index in [1.54, 1.807) is 10.8 Å². The van der Waals surface area contributed by atoms with Gasteiger partial charge in [-0.3, -0.25) is 4.79 Å². The number of hydrogen-bond donors (Lipinski definition) is 1. The molecule has 0 atom stereocenters. The van der Waals surface area contributed by atoms with Gasteiger partial charge in [-0.1, -0.05) is 56.3 Å². The molecule has 2 aromatic carbocycles. The van der Waals surface area contributed by atoms with Gasteiger partial charge in [-0.15, -0.1) is 0 Å². The van der Waals surface area contributed by atoms with Crippen LogP contribution < -0.4 is 5.32 Å². The molecule has 2 heterocycles. The molecule has 0 aliphatic rings. The zero-order valence-corrected chi connectivity index (χ0v) is 17.3. The van der Waals surface area contributed by atoms with E-state index < -0.39 is 0 Å². The van der Waals surface area contributed by atoms with Crippen LogP contribution >= 0.6 is 0 Å². The summed E-state index contributed by atoms with van der Waals surface area (Å²) in [5.41, 5.74) is 3.94. The van der Waals surface area contributed by atoms with E-state index in [-0.39, 0.29) is 5.91 Å². The molecule has 5 heteroatoms. The molecule has 0 radical (unpaired) electrons. The first-order chi connectivity index (χ1) is 14.5. The van der Waals surface area contributed by atoms with Crippen molar-refractivity contribution in [3.8, 4) is 5.82 Å². The third-order valence-corrected chi connectivity index (χ3v) is 4.91. The second kappa shape index (κ2) is 8.33. The van der Waals surface area contributed by atoms with Gasteiger partial charge in [-0.05, 0) is 48.2 Å². The molecule has 1 amide bonds. The lowest BCUT2D eigenvalue weighted by atomic mass is 10.0. The molecule has 0 saturated carbocycles. The van der Waals surface area contributed by atoms with Gasteiger partial charge in [-0.25, -0.2) is 4.98 Å². The Hall–Kier alpha value is -3.73. The summed E-state index contributed by atoms with van der Waals surface area (Å²) in [5.74, 6) is 1.51. The highest BCUT2D eigenvalue weighted by Gasteiger charge is 2.11. The summed E-state index contributed by atoms with van der Waals surface area (Å²) in [7, 11) is 0. The van der Waals surface area contributed by atoms with Crippen LogP contribution in [0.5, 0.6) is 0 Å². The molecular weight excluding hydrogens is 372 g/mol. The first-order valence-electron chi connectivity index (χ1n) is 10.0. The predicted octanol–water partition coefficient (Wildman–Crippen LogP) is 5.50. The van der Waals surface area contributed by atoms with Crippen LogP contribution in [0.1, 0.15) is 36.6 Å². The predicted molar refractivity (Wildman–Crippen MR) is 122 cm³/mol. The van der Waals surface area contributed by atoms with Crippen molar-refractivity contribution in [1.82, 2.24) is 14.8 Å². The first-order valence-corrected chi connectivity index (χ1v) is 10.0. The lowest BCUT2D eigenvalue weighted by molar-refractivity contribution is -0.111. The third-order valence-electron chi connectivity index (χ3n) is 4.91. The number of nitrogens with zero attached hydrogens (tertiary/aromatic N) is 3. The number of anilines is 1. The molecule has 0 fully saturated rings. The normalized spacial score (nSPS) is 11.5. The number of para-hydroxylation sites is 1. The van der Waals surface area contributed by atoms with Crippen LogP contribution in [-0.4, -0.2) is 20.7 Å². The number of amides is 1. The molecule has 5 nitrogen and oxygen atoms in total. The Morgan fingerprint density at radius 2 is 1.80 bits per heavy atom. The van der Waals surface area contributed by atoms with Crippen molar-refractivity contribution in [2.45, 2.75) is 26.7 Å². The van der Waals surface area contributed by atoms with Gasteiger partial charge < -0.3 is 5.32 Å². The number of aromatic nitrogens is 3. The van der Waals surface area contributed by atoms with Crippen LogP contribution in [0.3, 0.4) is 0 Å². The van der Waals surface area contributed by atoms with Crippen molar-refractivity contribution in [1.29, 1.82) is 0 Å². The minimum absolute atomic E-state index is 0.218. The van der Waals surface area contributed by atoms with Gasteiger partial charge in [0, 0.05) is 17.5 Å². The standard InChI is InChI=1S/C25H24N4O/c1-17(2)20-11-8-19(9-12-20)10-15-25(30)27-24-16-18(3)28-29(24)23-14-13-21-6-4-5-7-22(21)26-23/h4-17H,1-3H3,(H,27,30)/b15-10+. The molecule has 0 unspecified atom stereocenters. The summed E-state index contributed by atoms with van der Waals surface area (Å²) >= 11 is 0. The van der Waals surface area contributed by atoms with Crippen LogP contribution in [0, 0.1) is 6.92 Å². The van der Waals surface area contributed by atoms with Crippen molar-refractivity contribution in [2.75, 3.05) is 5.32 Å². The number of hydrogen-bond acceptors (Lipinski definition) is 3. The van der Waals surface area contributed by atoms with Gasteiger partial charge >= 0.3 is 0 Å². The number of nitrogens with one attached hydrogen (secondary N) is 1. The Kier molecular flexibility index (Phi) is 5.44. The molecule has 150 valence electrons. The fraction of sp³-hybridized carbons (Fsp3) is 0.160. The maximum Gasteiger partial charge on any atom is 0.249 e. The smallest absolute Gasteiger partial charge is 0.249 e. The maximum atomic E-state index is 12.5. The third kappa shape index (κ3) is 4.30. The highest BCUT2D eigenvalue weighted by Crippen LogP contribution is 2.19. The van der Waals surface area contributed by atoms with Crippen LogP contribution in [0.25, 0.3) is 22.8 Å². The quantitative estimate of drug-likeness (QED) is 0.453. The number of fused-ring (bicyclic) bond motifs is 1. The van der Waals surface area contributed by atoms with Crippen LogP contribution in [0.15, 0.2) is 72.8 Å². The number of pyridine rings is 1. The van der Waals surface area contributed by atoms with E-state index in [4.69, 9.17) is 0 Å². The summed E-state index contributed by atoms with van der Waals surface area (Å²) in [4.78, 5) is 17.2. The van der Waals surface area contributed by atoms with Crippen molar-refractivity contribution in [3.05, 3.63) is 89.6 Å². The van der Waals surface area contributed by atoms with E-state index in [1.165, 1.54) is 11.6 Å². The summed E-state index contributed by atoms with van der Waals surface area (Å²) in [5, 5.41) is 8.47. The fourth-order valence-corrected chi connectivity index (χ4v) is 3.27. The number of aryl methyl sites for hydroxylation is 1. The Labute approximate surface area is 176 Å². The van der Waals surface area contributed by atoms with Crippen LogP contribution in [0.4, 0.5) is 5.82 Å². The molecule has 0 saturated heterocycles. The zero-order chi connectivity index (χ0) is 21.1. The molecule has 4 rings (SSSR count). The summed E-state index contributed by atoms with van der Waals surface area (Å²) in [6, 6.07) is 21.9. The second-order valence-corrected chi connectivity index (χ2v) is 7.59. The van der Waals surface area contributed by atoms with Gasteiger partial charge in [0.2, 0.25) is 5.91 Å². The lowest BCUT2D eigenvalue weighted by Crippen LogP contribution is -2.13. The lowest BCUT2D eigenvalue weighted by Gasteiger charge is -2.08. The molecule has 0 aliphatic heterocycles. The average molecular weight is 396 g/mol. The monoisotopic (exact) mass is 396 g/mol. The van der Waals surface area contributed by atoms with E-state index >= 15 is 0 Å². The topological polar surface area (TPSA) is 59.8 Å². The first kappa shape index (κ1) is 19.6. The molecule has 0 bridgehead atoms. The number of rotatable bonds is 5. The molecular formula is C25H24N4O. The number of carbonyl (C=O) groups excluding carboxylic acids is 1. The Bertz CT molecular complexity index is 1220. The summed E-state index contributed by atoms with van der Waals surface area (Å²) in [6.07, 6.45) is 3.34. The van der Waals surface area contributed by atoms with Crippen molar-refractivity contribution >= 4 is 28.7 Å². The van der Waals surface area contributed by atoms with Crippen molar-refractivity contribution in [2.24, 2.45) is 0 Å². The van der Waals surface area contributed by atoms with Gasteiger partial charge in [0.05, 0.1) is 11.2 Å². The largest absolute Gasteiger partial charge is 0.307 e. The highest BCUT2D eigenvalue weighted by molar-refractivity contribution is 6.01. The van der Waals surface area contributed by atoms with E-state index in [0.717, 1.165) is 22.2 Å². The Balaban J connectivity index is 1.54. The van der Waals surface area contributed by atoms with Gasteiger partial charge in [0.1, 0.15) is 5.82 Å². The molecule has 2 aromatic heterocycles. The van der Waals surface area contributed by atoms with Crippen LogP contribution in [-0.2, 0) is 4.79 Å². The average Bonchev–Trinajstić information content (AvgIpc) is 3.12. The zero-order valence-electron chi connectivity index (χ0n) is 17.3. The summed E-state index contributed by atoms with van der Waals surface area (Å²) < 4.78 is 1.66. The molecule has 30 heavy (non-hydrogen) atoms. The molecule has 1 N–H and O–H groups in total. The number of carbonyl (C=O) groups is 1. The van der Waals surface area contributed by atoms with E-state index in [2.05, 4.69) is 41.4 Å². The van der Waals surface area contributed by atoms with E-state index in [9.17, 15) is 4.79 Å². The highest BCUT2D eigenvalue weighted by atomic mass is 16.1. The Morgan fingerprint density at radius 1 is 1.03 bits per heavy atom.